The molecular formula is C22H27N3O3S. The summed E-state index contributed by atoms with van der Waals surface area (Å²) in [5, 5.41) is 2.90. The predicted molar refractivity (Wildman–Crippen MR) is 113 cm³/mol. The number of hydrogen-bond donors (Lipinski definition) is 1. The first-order valence-electron chi connectivity index (χ1n) is 10.1. The van der Waals surface area contributed by atoms with Crippen LogP contribution in [0.2, 0.25) is 0 Å². The number of sulfonamides is 1. The summed E-state index contributed by atoms with van der Waals surface area (Å²) in [5.41, 5.74) is 4.35. The molecule has 1 amide bonds. The van der Waals surface area contributed by atoms with E-state index < -0.39 is 10.0 Å². The highest BCUT2D eigenvalue weighted by atomic mass is 32.2. The molecule has 29 heavy (non-hydrogen) atoms. The van der Waals surface area contributed by atoms with Crippen LogP contribution in [0, 0.1) is 6.92 Å². The zero-order chi connectivity index (χ0) is 20.4. The third kappa shape index (κ3) is 4.52. The first-order chi connectivity index (χ1) is 13.9. The van der Waals surface area contributed by atoms with E-state index in [4.69, 9.17) is 0 Å². The van der Waals surface area contributed by atoms with Crippen LogP contribution < -0.4 is 5.32 Å². The molecule has 4 rings (SSSR count). The Hall–Kier alpha value is -2.22. The number of fused-ring (bicyclic) bond motifs is 1. The fourth-order valence-electron chi connectivity index (χ4n) is 4.03. The number of nitrogens with zero attached hydrogens (tertiary/aromatic N) is 2. The molecule has 1 fully saturated rings. The summed E-state index contributed by atoms with van der Waals surface area (Å²) in [4.78, 5) is 14.7. The Bertz CT molecular complexity index is 994. The van der Waals surface area contributed by atoms with Gasteiger partial charge in [-0.3, -0.25) is 9.69 Å². The summed E-state index contributed by atoms with van der Waals surface area (Å²) < 4.78 is 27.6. The molecule has 6 nitrogen and oxygen atoms in total. The molecule has 0 atom stereocenters. The van der Waals surface area contributed by atoms with Gasteiger partial charge in [-0.25, -0.2) is 8.42 Å². The first-order valence-corrected chi connectivity index (χ1v) is 11.6. The molecule has 0 radical (unpaired) electrons. The maximum atomic E-state index is 13.0. The Kier molecular flexibility index (Phi) is 5.72. The normalized spacial score (nSPS) is 17.8. The molecule has 1 saturated heterocycles. The van der Waals surface area contributed by atoms with E-state index in [1.807, 2.05) is 48.2 Å². The smallest absolute Gasteiger partial charge is 0.243 e. The summed E-state index contributed by atoms with van der Waals surface area (Å²) >= 11 is 0. The summed E-state index contributed by atoms with van der Waals surface area (Å²) in [7, 11) is -3.48. The van der Waals surface area contributed by atoms with Crippen LogP contribution in [0.25, 0.3) is 0 Å². The lowest BCUT2D eigenvalue weighted by atomic mass is 10.1. The molecule has 7 heteroatoms. The van der Waals surface area contributed by atoms with Crippen molar-refractivity contribution >= 4 is 21.6 Å². The number of hydrogen-bond acceptors (Lipinski definition) is 4. The van der Waals surface area contributed by atoms with Crippen molar-refractivity contribution in [2.45, 2.75) is 31.1 Å². The Labute approximate surface area is 172 Å². The number of piperazine rings is 1. The fourth-order valence-corrected chi connectivity index (χ4v) is 5.50. The average molecular weight is 414 g/mol. The van der Waals surface area contributed by atoms with Gasteiger partial charge in [0.1, 0.15) is 0 Å². The minimum atomic E-state index is -3.48. The van der Waals surface area contributed by atoms with Crippen molar-refractivity contribution in [3.8, 4) is 0 Å². The maximum absolute atomic E-state index is 13.0. The Balaban J connectivity index is 1.32. The van der Waals surface area contributed by atoms with Crippen LogP contribution in [0.15, 0.2) is 47.4 Å². The van der Waals surface area contributed by atoms with E-state index in [1.165, 1.54) is 9.87 Å². The van der Waals surface area contributed by atoms with Crippen LogP contribution in [0.3, 0.4) is 0 Å². The third-order valence-electron chi connectivity index (χ3n) is 5.74. The molecule has 1 N–H and O–H groups in total. The molecule has 2 aromatic carbocycles. The lowest BCUT2D eigenvalue weighted by molar-refractivity contribution is -0.117. The van der Waals surface area contributed by atoms with Crippen molar-refractivity contribution in [3.63, 3.8) is 0 Å². The molecule has 154 valence electrons. The number of aryl methyl sites for hydroxylation is 3. The van der Waals surface area contributed by atoms with Gasteiger partial charge in [-0.05, 0) is 61.6 Å². The summed E-state index contributed by atoms with van der Waals surface area (Å²) in [6.45, 7) is 4.16. The van der Waals surface area contributed by atoms with Crippen molar-refractivity contribution in [2.24, 2.45) is 0 Å². The van der Waals surface area contributed by atoms with Gasteiger partial charge in [0.05, 0.1) is 11.4 Å². The van der Waals surface area contributed by atoms with Crippen LogP contribution in [-0.4, -0.2) is 56.3 Å². The maximum Gasteiger partial charge on any atom is 0.243 e. The van der Waals surface area contributed by atoms with Gasteiger partial charge in [-0.1, -0.05) is 23.8 Å². The summed E-state index contributed by atoms with van der Waals surface area (Å²) in [6, 6.07) is 13.2. The van der Waals surface area contributed by atoms with Gasteiger partial charge in [0.25, 0.3) is 0 Å². The van der Waals surface area contributed by atoms with E-state index in [0.717, 1.165) is 36.1 Å². The number of nitrogens with one attached hydrogen (secondary N) is 1. The highest BCUT2D eigenvalue weighted by Crippen LogP contribution is 2.26. The largest absolute Gasteiger partial charge is 0.325 e. The second kappa shape index (κ2) is 8.26. The number of benzene rings is 2. The van der Waals surface area contributed by atoms with E-state index in [9.17, 15) is 13.2 Å². The van der Waals surface area contributed by atoms with Gasteiger partial charge in [0.2, 0.25) is 15.9 Å². The van der Waals surface area contributed by atoms with Crippen LogP contribution in [0.5, 0.6) is 0 Å². The molecule has 0 spiro atoms. The van der Waals surface area contributed by atoms with Gasteiger partial charge < -0.3 is 5.32 Å². The van der Waals surface area contributed by atoms with Crippen LogP contribution in [-0.2, 0) is 27.7 Å². The molecule has 0 saturated carbocycles. The number of carbonyl (C=O) groups is 1. The van der Waals surface area contributed by atoms with E-state index in [0.29, 0.717) is 31.1 Å². The van der Waals surface area contributed by atoms with Gasteiger partial charge >= 0.3 is 0 Å². The van der Waals surface area contributed by atoms with Crippen LogP contribution in [0.4, 0.5) is 5.69 Å². The molecule has 2 aromatic rings. The second-order valence-electron chi connectivity index (χ2n) is 7.88. The van der Waals surface area contributed by atoms with Crippen LogP contribution in [0.1, 0.15) is 23.1 Å². The van der Waals surface area contributed by atoms with Crippen molar-refractivity contribution in [2.75, 3.05) is 38.0 Å². The number of carbonyl (C=O) groups excluding carboxylic acids is 1. The van der Waals surface area contributed by atoms with Crippen LogP contribution >= 0.6 is 0 Å². The lowest BCUT2D eigenvalue weighted by Gasteiger charge is -2.33. The number of anilines is 1. The lowest BCUT2D eigenvalue weighted by Crippen LogP contribution is -2.50. The fraction of sp³-hybridized carbons (Fsp3) is 0.409. The monoisotopic (exact) mass is 413 g/mol. The zero-order valence-electron chi connectivity index (χ0n) is 16.7. The molecule has 1 heterocycles. The number of amides is 1. The SMILES string of the molecule is Cc1ccc(NC(=O)CN2CCN(S(=O)(=O)c3ccc4c(c3)CCC4)CC2)cc1. The van der Waals surface area contributed by atoms with E-state index in [-0.39, 0.29) is 12.5 Å². The quantitative estimate of drug-likeness (QED) is 0.817. The average Bonchev–Trinajstić information content (AvgIpc) is 3.18. The molecule has 2 aliphatic rings. The Morgan fingerprint density at radius 3 is 2.38 bits per heavy atom. The van der Waals surface area contributed by atoms with Crippen molar-refractivity contribution in [1.82, 2.24) is 9.21 Å². The van der Waals surface area contributed by atoms with Gasteiger partial charge in [0, 0.05) is 31.9 Å². The highest BCUT2D eigenvalue weighted by molar-refractivity contribution is 7.89. The van der Waals surface area contributed by atoms with Crippen molar-refractivity contribution < 1.29 is 13.2 Å². The molecule has 1 aliphatic heterocycles. The van der Waals surface area contributed by atoms with E-state index >= 15 is 0 Å². The minimum Gasteiger partial charge on any atom is -0.325 e. The van der Waals surface area contributed by atoms with Gasteiger partial charge in [0.15, 0.2) is 0 Å². The molecule has 1 aliphatic carbocycles. The molecular weight excluding hydrogens is 386 g/mol. The topological polar surface area (TPSA) is 69.7 Å². The van der Waals surface area contributed by atoms with Gasteiger partial charge in [-0.15, -0.1) is 0 Å². The highest BCUT2D eigenvalue weighted by Gasteiger charge is 2.29. The molecule has 0 unspecified atom stereocenters. The molecule has 0 bridgehead atoms. The second-order valence-corrected chi connectivity index (χ2v) is 9.82. The Morgan fingerprint density at radius 2 is 1.66 bits per heavy atom. The summed E-state index contributed by atoms with van der Waals surface area (Å²) in [6.07, 6.45) is 3.10. The number of rotatable bonds is 5. The Morgan fingerprint density at radius 1 is 0.966 bits per heavy atom. The standard InChI is InChI=1S/C22H27N3O3S/c1-17-5-8-20(9-6-17)23-22(26)16-24-11-13-25(14-12-24)29(27,28)21-10-7-18-3-2-4-19(18)15-21/h5-10,15H,2-4,11-14,16H2,1H3,(H,23,26). The first kappa shape index (κ1) is 20.1. The van der Waals surface area contributed by atoms with E-state index in [2.05, 4.69) is 5.32 Å². The summed E-state index contributed by atoms with van der Waals surface area (Å²) in [5.74, 6) is -0.0798. The minimum absolute atomic E-state index is 0.0798. The van der Waals surface area contributed by atoms with Gasteiger partial charge in [-0.2, -0.15) is 4.31 Å². The third-order valence-corrected chi connectivity index (χ3v) is 7.64. The van der Waals surface area contributed by atoms with E-state index in [1.54, 1.807) is 6.07 Å². The van der Waals surface area contributed by atoms with Crippen molar-refractivity contribution in [3.05, 3.63) is 59.2 Å². The predicted octanol–water partition coefficient (Wildman–Crippen LogP) is 2.43. The zero-order valence-corrected chi connectivity index (χ0v) is 17.5. The molecule has 0 aromatic heterocycles. The van der Waals surface area contributed by atoms with Crippen molar-refractivity contribution in [1.29, 1.82) is 0 Å².